The highest BCUT2D eigenvalue weighted by atomic mass is 32.2. The summed E-state index contributed by atoms with van der Waals surface area (Å²) >= 11 is 1.58. The second-order valence-electron chi connectivity index (χ2n) is 5.37. The predicted octanol–water partition coefficient (Wildman–Crippen LogP) is 3.07. The quantitative estimate of drug-likeness (QED) is 0.703. The van der Waals surface area contributed by atoms with Crippen molar-refractivity contribution in [2.45, 2.75) is 24.3 Å². The summed E-state index contributed by atoms with van der Waals surface area (Å²) in [6.45, 7) is 2.29. The van der Waals surface area contributed by atoms with Crippen LogP contribution in [0.3, 0.4) is 0 Å². The van der Waals surface area contributed by atoms with E-state index in [0.29, 0.717) is 0 Å². The number of thiophene rings is 1. The zero-order valence-corrected chi connectivity index (χ0v) is 14.9. The van der Waals surface area contributed by atoms with Crippen LogP contribution in [0.2, 0.25) is 0 Å². The van der Waals surface area contributed by atoms with Gasteiger partial charge in [-0.15, -0.1) is 11.3 Å². The van der Waals surface area contributed by atoms with Gasteiger partial charge >= 0.3 is 0 Å². The summed E-state index contributed by atoms with van der Waals surface area (Å²) in [5, 5.41) is 6.23. The molecule has 1 aromatic carbocycles. The van der Waals surface area contributed by atoms with Crippen LogP contribution in [0.25, 0.3) is 0 Å². The number of hydrogen-bond acceptors (Lipinski definition) is 4. The Kier molecular flexibility index (Phi) is 5.13. The molecule has 0 amide bonds. The van der Waals surface area contributed by atoms with Crippen LogP contribution < -0.4 is 4.72 Å². The van der Waals surface area contributed by atoms with Crippen molar-refractivity contribution >= 4 is 21.4 Å². The van der Waals surface area contributed by atoms with E-state index in [0.717, 1.165) is 16.9 Å². The first kappa shape index (κ1) is 16.9. The third-order valence-corrected chi connectivity index (χ3v) is 6.24. The third kappa shape index (κ3) is 3.75. The van der Waals surface area contributed by atoms with Crippen LogP contribution in [0.15, 0.2) is 65.1 Å². The number of benzene rings is 1. The first-order valence-corrected chi connectivity index (χ1v) is 10.1. The maximum atomic E-state index is 12.5. The zero-order chi connectivity index (χ0) is 17.0. The summed E-state index contributed by atoms with van der Waals surface area (Å²) < 4.78 is 29.6. The average molecular weight is 361 g/mol. The molecule has 24 heavy (non-hydrogen) atoms. The Morgan fingerprint density at radius 1 is 1.21 bits per heavy atom. The highest BCUT2D eigenvalue weighted by molar-refractivity contribution is 7.89. The van der Waals surface area contributed by atoms with Crippen molar-refractivity contribution in [3.63, 3.8) is 0 Å². The van der Waals surface area contributed by atoms with E-state index in [2.05, 4.69) is 9.82 Å². The summed E-state index contributed by atoms with van der Waals surface area (Å²) in [6, 6.07) is 12.6. The third-order valence-electron chi connectivity index (χ3n) is 3.82. The maximum absolute atomic E-state index is 12.5. The fraction of sp³-hybridized carbons (Fsp3) is 0.235. The number of rotatable bonds is 7. The molecule has 0 radical (unpaired) electrons. The summed E-state index contributed by atoms with van der Waals surface area (Å²) in [7, 11) is -3.55. The summed E-state index contributed by atoms with van der Waals surface area (Å²) in [5.41, 5.74) is 1.11. The molecule has 0 fully saturated rings. The van der Waals surface area contributed by atoms with Crippen LogP contribution in [0.4, 0.5) is 0 Å². The van der Waals surface area contributed by atoms with Crippen molar-refractivity contribution in [2.75, 3.05) is 6.54 Å². The number of aromatic nitrogens is 2. The summed E-state index contributed by atoms with van der Waals surface area (Å²) in [6.07, 6.45) is 4.42. The first-order chi connectivity index (χ1) is 11.6. The lowest BCUT2D eigenvalue weighted by Crippen LogP contribution is -2.31. The monoisotopic (exact) mass is 361 g/mol. The molecule has 0 aliphatic rings. The molecule has 3 rings (SSSR count). The van der Waals surface area contributed by atoms with Gasteiger partial charge in [0.05, 0.1) is 10.9 Å². The van der Waals surface area contributed by atoms with Crippen molar-refractivity contribution in [3.05, 3.63) is 70.7 Å². The Morgan fingerprint density at radius 2 is 2.00 bits per heavy atom. The largest absolute Gasteiger partial charge is 0.263 e. The molecule has 1 atom stereocenters. The van der Waals surface area contributed by atoms with E-state index in [1.807, 2.05) is 48.8 Å². The van der Waals surface area contributed by atoms with Crippen molar-refractivity contribution in [1.82, 2.24) is 14.5 Å². The van der Waals surface area contributed by atoms with Gasteiger partial charge in [-0.25, -0.2) is 13.1 Å². The van der Waals surface area contributed by atoms with E-state index in [4.69, 9.17) is 0 Å². The average Bonchev–Trinajstić information content (AvgIpc) is 3.29. The SMILES string of the molecule is CCc1ccc(S(=O)(=O)NCC(c2cccs2)n2cccn2)cc1. The predicted molar refractivity (Wildman–Crippen MR) is 95.7 cm³/mol. The van der Waals surface area contributed by atoms with Gasteiger partial charge in [0.1, 0.15) is 0 Å². The van der Waals surface area contributed by atoms with Gasteiger partial charge in [0.25, 0.3) is 0 Å². The second kappa shape index (κ2) is 7.29. The molecule has 1 N–H and O–H groups in total. The lowest BCUT2D eigenvalue weighted by atomic mass is 10.2. The van der Waals surface area contributed by atoms with Gasteiger partial charge in [-0.05, 0) is 41.6 Å². The van der Waals surface area contributed by atoms with E-state index in [-0.39, 0.29) is 17.5 Å². The molecule has 2 heterocycles. The smallest absolute Gasteiger partial charge is 0.240 e. The number of nitrogens with zero attached hydrogens (tertiary/aromatic N) is 2. The molecule has 0 aliphatic heterocycles. The van der Waals surface area contributed by atoms with Gasteiger partial charge in [-0.3, -0.25) is 4.68 Å². The molecular weight excluding hydrogens is 342 g/mol. The number of hydrogen-bond donors (Lipinski definition) is 1. The standard InChI is InChI=1S/C17H19N3O2S2/c1-2-14-6-8-15(9-7-14)24(21,22)19-13-16(17-5-3-12-23-17)20-11-4-10-18-20/h3-12,16,19H,2,13H2,1H3. The van der Waals surface area contributed by atoms with E-state index in [1.165, 1.54) is 0 Å². The van der Waals surface area contributed by atoms with Crippen LogP contribution in [0, 0.1) is 0 Å². The lowest BCUT2D eigenvalue weighted by molar-refractivity contribution is 0.511. The van der Waals surface area contributed by atoms with Crippen LogP contribution in [0.1, 0.15) is 23.4 Å². The Labute approximate surface area is 146 Å². The molecule has 0 saturated heterocycles. The fourth-order valence-electron chi connectivity index (χ4n) is 2.45. The Hall–Kier alpha value is -1.96. The summed E-state index contributed by atoms with van der Waals surface area (Å²) in [5.74, 6) is 0. The molecule has 126 valence electrons. The van der Waals surface area contributed by atoms with Crippen molar-refractivity contribution in [3.8, 4) is 0 Å². The van der Waals surface area contributed by atoms with Crippen LogP contribution in [-0.2, 0) is 16.4 Å². The first-order valence-electron chi connectivity index (χ1n) is 7.71. The molecule has 1 unspecified atom stereocenters. The molecule has 0 aliphatic carbocycles. The van der Waals surface area contributed by atoms with E-state index in [9.17, 15) is 8.42 Å². The second-order valence-corrected chi connectivity index (χ2v) is 8.11. The molecule has 5 nitrogen and oxygen atoms in total. The van der Waals surface area contributed by atoms with Crippen molar-refractivity contribution in [2.24, 2.45) is 0 Å². The van der Waals surface area contributed by atoms with E-state index in [1.54, 1.807) is 34.3 Å². The highest BCUT2D eigenvalue weighted by Crippen LogP contribution is 2.22. The Bertz CT molecular complexity index is 821. The fourth-order valence-corrected chi connectivity index (χ4v) is 4.30. The topological polar surface area (TPSA) is 64.0 Å². The maximum Gasteiger partial charge on any atom is 0.240 e. The molecule has 2 aromatic heterocycles. The molecule has 0 saturated carbocycles. The number of aryl methyl sites for hydroxylation is 1. The summed E-state index contributed by atoms with van der Waals surface area (Å²) in [4.78, 5) is 1.34. The van der Waals surface area contributed by atoms with Gasteiger partial charge < -0.3 is 0 Å². The minimum absolute atomic E-state index is 0.162. The van der Waals surface area contributed by atoms with Gasteiger partial charge in [0.15, 0.2) is 0 Å². The van der Waals surface area contributed by atoms with E-state index >= 15 is 0 Å². The number of nitrogens with one attached hydrogen (secondary N) is 1. The zero-order valence-electron chi connectivity index (χ0n) is 13.3. The van der Waals surface area contributed by atoms with Crippen molar-refractivity contribution in [1.29, 1.82) is 0 Å². The molecular formula is C17H19N3O2S2. The Morgan fingerprint density at radius 3 is 2.58 bits per heavy atom. The normalized spacial score (nSPS) is 13.0. The van der Waals surface area contributed by atoms with Gasteiger partial charge in [0.2, 0.25) is 10.0 Å². The van der Waals surface area contributed by atoms with Gasteiger partial charge in [-0.1, -0.05) is 25.1 Å². The molecule has 7 heteroatoms. The van der Waals surface area contributed by atoms with Crippen LogP contribution >= 0.6 is 11.3 Å². The minimum atomic E-state index is -3.55. The minimum Gasteiger partial charge on any atom is -0.263 e. The molecule has 3 aromatic rings. The van der Waals surface area contributed by atoms with Crippen LogP contribution in [-0.4, -0.2) is 24.7 Å². The van der Waals surface area contributed by atoms with Gasteiger partial charge in [-0.2, -0.15) is 5.10 Å². The highest BCUT2D eigenvalue weighted by Gasteiger charge is 2.20. The molecule has 0 bridgehead atoms. The van der Waals surface area contributed by atoms with Crippen molar-refractivity contribution < 1.29 is 8.42 Å². The lowest BCUT2D eigenvalue weighted by Gasteiger charge is -2.17. The number of sulfonamides is 1. The van der Waals surface area contributed by atoms with Crippen LogP contribution in [0.5, 0.6) is 0 Å². The Balaban J connectivity index is 1.78. The van der Waals surface area contributed by atoms with E-state index < -0.39 is 10.0 Å². The molecule has 0 spiro atoms. The van der Waals surface area contributed by atoms with Gasteiger partial charge in [0, 0.05) is 23.8 Å².